The summed E-state index contributed by atoms with van der Waals surface area (Å²) in [6.07, 6.45) is 0. The van der Waals surface area contributed by atoms with Gasteiger partial charge in [0.2, 0.25) is 0 Å². The lowest BCUT2D eigenvalue weighted by molar-refractivity contribution is -0.119. The maximum absolute atomic E-state index is 11.9. The molecule has 0 aromatic heterocycles. The van der Waals surface area contributed by atoms with Crippen LogP contribution in [0.1, 0.15) is 17.3 Å². The van der Waals surface area contributed by atoms with Crippen molar-refractivity contribution in [2.75, 3.05) is 18.5 Å². The fraction of sp³-hybridized carbons (Fsp3) is 0.176. The Balaban J connectivity index is 1.93. The van der Waals surface area contributed by atoms with Gasteiger partial charge in [0, 0.05) is 0 Å². The first kappa shape index (κ1) is 18.1. The van der Waals surface area contributed by atoms with Gasteiger partial charge in [-0.2, -0.15) is 0 Å². The third-order valence-corrected chi connectivity index (χ3v) is 3.69. The molecule has 1 amide bonds. The number of amides is 1. The molecule has 0 bridgehead atoms. The Kier molecular flexibility index (Phi) is 6.46. The van der Waals surface area contributed by atoms with Crippen molar-refractivity contribution in [3.8, 4) is 5.75 Å². The highest BCUT2D eigenvalue weighted by Crippen LogP contribution is 2.24. The second-order valence-corrected chi connectivity index (χ2v) is 5.50. The number of esters is 1. The van der Waals surface area contributed by atoms with E-state index in [0.29, 0.717) is 23.1 Å². The minimum Gasteiger partial charge on any atom is -0.492 e. The number of para-hydroxylation sites is 2. The normalized spacial score (nSPS) is 10.1. The van der Waals surface area contributed by atoms with Crippen LogP contribution in [-0.2, 0) is 9.53 Å². The van der Waals surface area contributed by atoms with Crippen molar-refractivity contribution in [3.05, 3.63) is 58.1 Å². The molecule has 0 radical (unpaired) electrons. The van der Waals surface area contributed by atoms with E-state index in [2.05, 4.69) is 5.32 Å². The second-order valence-electron chi connectivity index (χ2n) is 4.68. The number of benzene rings is 2. The highest BCUT2D eigenvalue weighted by atomic mass is 35.5. The summed E-state index contributed by atoms with van der Waals surface area (Å²) in [5, 5.41) is 3.20. The molecule has 0 aliphatic heterocycles. The summed E-state index contributed by atoms with van der Waals surface area (Å²) in [6.45, 7) is 1.89. The summed E-state index contributed by atoms with van der Waals surface area (Å²) in [6, 6.07) is 11.3. The molecule has 7 heteroatoms. The van der Waals surface area contributed by atoms with Crippen molar-refractivity contribution in [1.82, 2.24) is 0 Å². The Labute approximate surface area is 149 Å². The van der Waals surface area contributed by atoms with E-state index < -0.39 is 18.5 Å². The molecule has 0 saturated carbocycles. The zero-order valence-corrected chi connectivity index (χ0v) is 14.4. The molecule has 0 heterocycles. The Hall–Kier alpha value is -2.24. The maximum Gasteiger partial charge on any atom is 0.338 e. The molecule has 0 spiro atoms. The Bertz CT molecular complexity index is 749. The van der Waals surface area contributed by atoms with E-state index >= 15 is 0 Å². The minimum absolute atomic E-state index is 0.215. The third kappa shape index (κ3) is 4.88. The first-order valence-corrected chi connectivity index (χ1v) is 7.90. The number of carbonyl (C=O) groups excluding carboxylic acids is 2. The topological polar surface area (TPSA) is 64.6 Å². The number of ether oxygens (including phenoxy) is 2. The number of rotatable bonds is 6. The smallest absolute Gasteiger partial charge is 0.338 e. The number of anilines is 1. The largest absolute Gasteiger partial charge is 0.492 e. The molecule has 2 aromatic carbocycles. The molecule has 2 aromatic rings. The molecular formula is C17H15Cl2NO4. The fourth-order valence-corrected chi connectivity index (χ4v) is 2.17. The highest BCUT2D eigenvalue weighted by Gasteiger charge is 2.13. The van der Waals surface area contributed by atoms with Crippen molar-refractivity contribution >= 4 is 40.8 Å². The van der Waals surface area contributed by atoms with Gasteiger partial charge in [-0.15, -0.1) is 0 Å². The van der Waals surface area contributed by atoms with Gasteiger partial charge in [-0.3, -0.25) is 4.79 Å². The van der Waals surface area contributed by atoms with E-state index in [9.17, 15) is 9.59 Å². The third-order valence-electron chi connectivity index (χ3n) is 2.95. The van der Waals surface area contributed by atoms with Crippen LogP contribution in [0.5, 0.6) is 5.75 Å². The van der Waals surface area contributed by atoms with E-state index in [4.69, 9.17) is 32.7 Å². The van der Waals surface area contributed by atoms with Crippen LogP contribution in [0.2, 0.25) is 10.0 Å². The molecule has 0 fully saturated rings. The molecule has 0 atom stereocenters. The van der Waals surface area contributed by atoms with Gasteiger partial charge in [-0.25, -0.2) is 4.79 Å². The van der Waals surface area contributed by atoms with E-state index in [0.717, 1.165) is 0 Å². The van der Waals surface area contributed by atoms with E-state index in [-0.39, 0.29) is 10.6 Å². The Morgan fingerprint density at radius 3 is 2.54 bits per heavy atom. The summed E-state index contributed by atoms with van der Waals surface area (Å²) < 4.78 is 10.4. The Morgan fingerprint density at radius 2 is 1.83 bits per heavy atom. The van der Waals surface area contributed by atoms with Crippen LogP contribution in [0.3, 0.4) is 0 Å². The first-order valence-electron chi connectivity index (χ1n) is 7.15. The van der Waals surface area contributed by atoms with E-state index in [1.807, 2.05) is 6.92 Å². The summed E-state index contributed by atoms with van der Waals surface area (Å²) >= 11 is 11.6. The zero-order chi connectivity index (χ0) is 17.5. The highest BCUT2D eigenvalue weighted by molar-refractivity contribution is 6.42. The van der Waals surface area contributed by atoms with Gasteiger partial charge in [0.05, 0.1) is 27.9 Å². The standard InChI is InChI=1S/C17H15Cl2NO4/c1-2-23-15-6-4-3-5-14(15)20-16(21)10-24-17(22)11-7-8-12(18)13(19)9-11/h3-9H,2,10H2,1H3,(H,20,21). The average Bonchev–Trinajstić information content (AvgIpc) is 2.57. The van der Waals surface area contributed by atoms with E-state index in [1.165, 1.54) is 18.2 Å². The lowest BCUT2D eigenvalue weighted by Gasteiger charge is -2.11. The van der Waals surface area contributed by atoms with Gasteiger partial charge in [0.1, 0.15) is 5.75 Å². The van der Waals surface area contributed by atoms with Crippen LogP contribution in [0, 0.1) is 0 Å². The summed E-state index contributed by atoms with van der Waals surface area (Å²) in [5.74, 6) is -0.596. The predicted octanol–water partition coefficient (Wildman–Crippen LogP) is 4.19. The molecule has 2 rings (SSSR count). The van der Waals surface area contributed by atoms with E-state index in [1.54, 1.807) is 24.3 Å². The molecule has 24 heavy (non-hydrogen) atoms. The molecule has 1 N–H and O–H groups in total. The van der Waals surface area contributed by atoms with Gasteiger partial charge in [0.25, 0.3) is 5.91 Å². The van der Waals surface area contributed by atoms with Crippen LogP contribution in [-0.4, -0.2) is 25.1 Å². The Morgan fingerprint density at radius 1 is 1.08 bits per heavy atom. The van der Waals surface area contributed by atoms with Crippen LogP contribution in [0.15, 0.2) is 42.5 Å². The van der Waals surface area contributed by atoms with Crippen LogP contribution >= 0.6 is 23.2 Å². The van der Waals surface area contributed by atoms with Gasteiger partial charge >= 0.3 is 5.97 Å². The number of carbonyl (C=O) groups is 2. The van der Waals surface area contributed by atoms with Crippen molar-refractivity contribution < 1.29 is 19.1 Å². The average molecular weight is 368 g/mol. The molecule has 0 aliphatic rings. The van der Waals surface area contributed by atoms with Crippen LogP contribution < -0.4 is 10.1 Å². The fourth-order valence-electron chi connectivity index (χ4n) is 1.88. The molecule has 126 valence electrons. The van der Waals surface area contributed by atoms with Crippen LogP contribution in [0.4, 0.5) is 5.69 Å². The summed E-state index contributed by atoms with van der Waals surface area (Å²) in [5.41, 5.74) is 0.724. The first-order chi connectivity index (χ1) is 11.5. The lowest BCUT2D eigenvalue weighted by Crippen LogP contribution is -2.21. The van der Waals surface area contributed by atoms with Gasteiger partial charge < -0.3 is 14.8 Å². The molecule has 0 aliphatic carbocycles. The van der Waals surface area contributed by atoms with Gasteiger partial charge in [0.15, 0.2) is 6.61 Å². The summed E-state index contributed by atoms with van der Waals surface area (Å²) in [7, 11) is 0. The number of nitrogens with one attached hydrogen (secondary N) is 1. The quantitative estimate of drug-likeness (QED) is 0.777. The lowest BCUT2D eigenvalue weighted by atomic mass is 10.2. The monoisotopic (exact) mass is 367 g/mol. The predicted molar refractivity (Wildman–Crippen MR) is 93.0 cm³/mol. The SMILES string of the molecule is CCOc1ccccc1NC(=O)COC(=O)c1ccc(Cl)c(Cl)c1. The van der Waals surface area contributed by atoms with Gasteiger partial charge in [-0.1, -0.05) is 35.3 Å². The number of hydrogen-bond donors (Lipinski definition) is 1. The van der Waals surface area contributed by atoms with Crippen molar-refractivity contribution in [1.29, 1.82) is 0 Å². The molecular weight excluding hydrogens is 353 g/mol. The molecule has 0 saturated heterocycles. The van der Waals surface area contributed by atoms with Crippen LogP contribution in [0.25, 0.3) is 0 Å². The molecule has 5 nitrogen and oxygen atoms in total. The summed E-state index contributed by atoms with van der Waals surface area (Å²) in [4.78, 5) is 23.8. The maximum atomic E-state index is 11.9. The molecule has 0 unspecified atom stereocenters. The van der Waals surface area contributed by atoms with Crippen molar-refractivity contribution in [3.63, 3.8) is 0 Å². The number of halogens is 2. The minimum atomic E-state index is -0.665. The number of hydrogen-bond acceptors (Lipinski definition) is 4. The van der Waals surface area contributed by atoms with Gasteiger partial charge in [-0.05, 0) is 37.3 Å². The van der Waals surface area contributed by atoms with Crippen molar-refractivity contribution in [2.24, 2.45) is 0 Å². The zero-order valence-electron chi connectivity index (χ0n) is 12.8. The van der Waals surface area contributed by atoms with Crippen molar-refractivity contribution in [2.45, 2.75) is 6.92 Å². The second kappa shape index (κ2) is 8.57.